The Kier molecular flexibility index (Phi) is 3.36. The highest BCUT2D eigenvalue weighted by Gasteiger charge is 2.29. The predicted molar refractivity (Wildman–Crippen MR) is 83.3 cm³/mol. The molecule has 0 fully saturated rings. The number of fused-ring (bicyclic) bond motifs is 1. The van der Waals surface area contributed by atoms with E-state index in [1.54, 1.807) is 6.07 Å². The van der Waals surface area contributed by atoms with Crippen LogP contribution in [0.1, 0.15) is 30.5 Å². The fraction of sp³-hybridized carbons (Fsp3) is 0.333. The molecule has 0 radical (unpaired) electrons. The summed E-state index contributed by atoms with van der Waals surface area (Å²) in [4.78, 5) is 0. The highest BCUT2D eigenvalue weighted by molar-refractivity contribution is 5.52. The van der Waals surface area contributed by atoms with Crippen LogP contribution in [0.2, 0.25) is 0 Å². The maximum Gasteiger partial charge on any atom is 0.146 e. The molecule has 0 atom stereocenters. The molecule has 0 aromatic heterocycles. The molecule has 21 heavy (non-hydrogen) atoms. The Morgan fingerprint density at radius 1 is 1.24 bits per heavy atom. The van der Waals surface area contributed by atoms with Gasteiger partial charge in [-0.1, -0.05) is 24.3 Å². The van der Waals surface area contributed by atoms with Crippen LogP contribution in [-0.2, 0) is 13.0 Å². The number of anilines is 1. The second kappa shape index (κ2) is 5.06. The maximum absolute atomic E-state index is 13.8. The quantitative estimate of drug-likeness (QED) is 0.899. The summed E-state index contributed by atoms with van der Waals surface area (Å²) >= 11 is 0. The Bertz CT molecular complexity index is 659. The number of hydrogen-bond acceptors (Lipinski definition) is 2. The zero-order valence-corrected chi connectivity index (χ0v) is 12.7. The third kappa shape index (κ3) is 2.87. The first-order chi connectivity index (χ1) is 9.94. The summed E-state index contributed by atoms with van der Waals surface area (Å²) in [6, 6.07) is 11.3. The Morgan fingerprint density at radius 2 is 2.05 bits per heavy atom. The van der Waals surface area contributed by atoms with E-state index < -0.39 is 0 Å². The SMILES string of the molecule is Cc1cccc(F)c1NCc1ccc2c(c1)CC(C)(C)O2. The number of ether oxygens (including phenoxy) is 1. The third-order valence-corrected chi connectivity index (χ3v) is 3.82. The van der Waals surface area contributed by atoms with Crippen LogP contribution in [0.4, 0.5) is 10.1 Å². The van der Waals surface area contributed by atoms with E-state index in [4.69, 9.17) is 4.74 Å². The second-order valence-electron chi connectivity index (χ2n) is 6.27. The average Bonchev–Trinajstić information content (AvgIpc) is 2.71. The molecule has 0 spiro atoms. The molecule has 0 amide bonds. The van der Waals surface area contributed by atoms with Gasteiger partial charge in [0.05, 0.1) is 5.69 Å². The van der Waals surface area contributed by atoms with Gasteiger partial charge in [-0.3, -0.25) is 0 Å². The molecule has 2 aromatic rings. The molecular weight excluding hydrogens is 265 g/mol. The van der Waals surface area contributed by atoms with E-state index in [1.165, 1.54) is 11.6 Å². The molecule has 0 saturated carbocycles. The minimum absolute atomic E-state index is 0.128. The number of rotatable bonds is 3. The Labute approximate surface area is 125 Å². The molecule has 3 heteroatoms. The lowest BCUT2D eigenvalue weighted by molar-refractivity contribution is 0.138. The van der Waals surface area contributed by atoms with Crippen LogP contribution >= 0.6 is 0 Å². The van der Waals surface area contributed by atoms with Crippen molar-refractivity contribution in [3.63, 3.8) is 0 Å². The molecule has 1 heterocycles. The monoisotopic (exact) mass is 285 g/mol. The minimum atomic E-state index is -0.208. The van der Waals surface area contributed by atoms with Gasteiger partial charge < -0.3 is 10.1 Å². The lowest BCUT2D eigenvalue weighted by Crippen LogP contribution is -2.24. The summed E-state index contributed by atoms with van der Waals surface area (Å²) in [5.41, 5.74) is 3.73. The van der Waals surface area contributed by atoms with E-state index in [9.17, 15) is 4.39 Å². The zero-order valence-electron chi connectivity index (χ0n) is 12.7. The maximum atomic E-state index is 13.8. The van der Waals surface area contributed by atoms with Crippen LogP contribution in [0.15, 0.2) is 36.4 Å². The van der Waals surface area contributed by atoms with Crippen LogP contribution in [-0.4, -0.2) is 5.60 Å². The van der Waals surface area contributed by atoms with Crippen LogP contribution in [0, 0.1) is 12.7 Å². The van der Waals surface area contributed by atoms with Crippen molar-refractivity contribution in [2.45, 2.75) is 39.3 Å². The first kappa shape index (κ1) is 13.9. The molecule has 1 aliphatic heterocycles. The summed E-state index contributed by atoms with van der Waals surface area (Å²) in [6.45, 7) is 6.70. The molecular formula is C18H20FNO. The van der Waals surface area contributed by atoms with Crippen LogP contribution in [0.25, 0.3) is 0 Å². The van der Waals surface area contributed by atoms with Crippen molar-refractivity contribution in [1.29, 1.82) is 0 Å². The number of aryl methyl sites for hydroxylation is 1. The molecule has 2 nitrogen and oxygen atoms in total. The highest BCUT2D eigenvalue weighted by atomic mass is 19.1. The van der Waals surface area contributed by atoms with Gasteiger partial charge in [-0.2, -0.15) is 0 Å². The second-order valence-corrected chi connectivity index (χ2v) is 6.27. The normalized spacial score (nSPS) is 15.4. The Balaban J connectivity index is 1.76. The standard InChI is InChI=1S/C18H20FNO/c1-12-5-4-6-15(19)17(12)20-11-13-7-8-16-14(9-13)10-18(2,3)21-16/h4-9,20H,10-11H2,1-3H3. The lowest BCUT2D eigenvalue weighted by Gasteiger charge is -2.16. The molecule has 0 saturated heterocycles. The van der Waals surface area contributed by atoms with E-state index in [-0.39, 0.29) is 11.4 Å². The van der Waals surface area contributed by atoms with Gasteiger partial charge in [0.15, 0.2) is 0 Å². The van der Waals surface area contributed by atoms with Gasteiger partial charge >= 0.3 is 0 Å². The lowest BCUT2D eigenvalue weighted by atomic mass is 10.0. The molecule has 0 unspecified atom stereocenters. The number of halogens is 1. The minimum Gasteiger partial charge on any atom is -0.487 e. The van der Waals surface area contributed by atoms with Gasteiger partial charge in [0.1, 0.15) is 17.2 Å². The van der Waals surface area contributed by atoms with Gasteiger partial charge in [0.25, 0.3) is 0 Å². The summed E-state index contributed by atoms with van der Waals surface area (Å²) in [7, 11) is 0. The fourth-order valence-corrected chi connectivity index (χ4v) is 2.82. The van der Waals surface area contributed by atoms with Crippen molar-refractivity contribution in [2.75, 3.05) is 5.32 Å². The van der Waals surface area contributed by atoms with Gasteiger partial charge in [0.2, 0.25) is 0 Å². The van der Waals surface area contributed by atoms with Gasteiger partial charge in [-0.05, 0) is 49.6 Å². The molecule has 1 aliphatic rings. The van der Waals surface area contributed by atoms with E-state index in [2.05, 4.69) is 25.2 Å². The number of hydrogen-bond donors (Lipinski definition) is 1. The predicted octanol–water partition coefficient (Wildman–Crippen LogP) is 4.46. The topological polar surface area (TPSA) is 21.3 Å². The van der Waals surface area contributed by atoms with E-state index in [0.29, 0.717) is 12.2 Å². The molecule has 110 valence electrons. The van der Waals surface area contributed by atoms with E-state index >= 15 is 0 Å². The van der Waals surface area contributed by atoms with Gasteiger partial charge in [-0.15, -0.1) is 0 Å². The van der Waals surface area contributed by atoms with Crippen molar-refractivity contribution in [3.8, 4) is 5.75 Å². The fourth-order valence-electron chi connectivity index (χ4n) is 2.82. The summed E-state index contributed by atoms with van der Waals surface area (Å²) in [5.74, 6) is 0.756. The largest absolute Gasteiger partial charge is 0.487 e. The smallest absolute Gasteiger partial charge is 0.146 e. The zero-order chi connectivity index (χ0) is 15.0. The first-order valence-electron chi connectivity index (χ1n) is 7.24. The summed E-state index contributed by atoms with van der Waals surface area (Å²) < 4.78 is 19.7. The van der Waals surface area contributed by atoms with Crippen molar-refractivity contribution >= 4 is 5.69 Å². The van der Waals surface area contributed by atoms with Gasteiger partial charge in [-0.25, -0.2) is 4.39 Å². The van der Waals surface area contributed by atoms with Crippen LogP contribution < -0.4 is 10.1 Å². The number of nitrogens with one attached hydrogen (secondary N) is 1. The molecule has 3 rings (SSSR count). The third-order valence-electron chi connectivity index (χ3n) is 3.82. The average molecular weight is 285 g/mol. The first-order valence-corrected chi connectivity index (χ1v) is 7.24. The van der Waals surface area contributed by atoms with Crippen molar-refractivity contribution in [3.05, 3.63) is 58.9 Å². The van der Waals surface area contributed by atoms with E-state index in [0.717, 1.165) is 23.3 Å². The summed E-state index contributed by atoms with van der Waals surface area (Å²) in [6.07, 6.45) is 0.912. The van der Waals surface area contributed by atoms with E-state index in [1.807, 2.05) is 25.1 Å². The van der Waals surface area contributed by atoms with Crippen LogP contribution in [0.5, 0.6) is 5.75 Å². The van der Waals surface area contributed by atoms with Gasteiger partial charge in [0, 0.05) is 13.0 Å². The van der Waals surface area contributed by atoms with Crippen molar-refractivity contribution in [2.24, 2.45) is 0 Å². The number of para-hydroxylation sites is 1. The molecule has 0 bridgehead atoms. The van der Waals surface area contributed by atoms with Crippen molar-refractivity contribution < 1.29 is 9.13 Å². The number of benzene rings is 2. The Morgan fingerprint density at radius 3 is 2.81 bits per heavy atom. The highest BCUT2D eigenvalue weighted by Crippen LogP contribution is 2.35. The molecule has 2 aromatic carbocycles. The van der Waals surface area contributed by atoms with Crippen LogP contribution in [0.3, 0.4) is 0 Å². The molecule has 1 N–H and O–H groups in total. The molecule has 0 aliphatic carbocycles. The Hall–Kier alpha value is -2.03. The van der Waals surface area contributed by atoms with Crippen molar-refractivity contribution in [1.82, 2.24) is 0 Å². The summed E-state index contributed by atoms with van der Waals surface area (Å²) in [5, 5.41) is 3.19.